The highest BCUT2D eigenvalue weighted by Crippen LogP contribution is 2.08. The number of hydrogen-bond acceptors (Lipinski definition) is 7. The van der Waals surface area contributed by atoms with Crippen LogP contribution < -0.4 is 16.4 Å². The number of aliphatic hydroxyl groups excluding tert-OH is 1. The highest BCUT2D eigenvalue weighted by atomic mass is 16.6. The van der Waals surface area contributed by atoms with Crippen molar-refractivity contribution in [2.45, 2.75) is 57.9 Å². The lowest BCUT2D eigenvalue weighted by atomic mass is 10.1. The molecule has 0 saturated carbocycles. The Morgan fingerprint density at radius 2 is 1.70 bits per heavy atom. The molecule has 5 N–H and O–H groups in total. The maximum atomic E-state index is 12.6. The molecule has 0 aliphatic heterocycles. The highest BCUT2D eigenvalue weighted by molar-refractivity contribution is 5.93. The van der Waals surface area contributed by atoms with Crippen molar-refractivity contribution in [3.05, 3.63) is 35.9 Å². The Morgan fingerprint density at radius 1 is 1.07 bits per heavy atom. The summed E-state index contributed by atoms with van der Waals surface area (Å²) in [5, 5.41) is 13.9. The molecule has 10 nitrogen and oxygen atoms in total. The Hall–Kier alpha value is -3.14. The van der Waals surface area contributed by atoms with Gasteiger partial charge in [-0.15, -0.1) is 0 Å². The first-order valence-electron chi connectivity index (χ1n) is 9.41. The summed E-state index contributed by atoms with van der Waals surface area (Å²) in [5.41, 5.74) is 5.08. The number of nitrogens with one attached hydrogen (secondary N) is 2. The van der Waals surface area contributed by atoms with Gasteiger partial charge in [-0.05, 0) is 26.3 Å². The summed E-state index contributed by atoms with van der Waals surface area (Å²) >= 11 is 0. The van der Waals surface area contributed by atoms with Crippen LogP contribution >= 0.6 is 0 Å². The number of carbonyl (C=O) groups is 4. The second-order valence-corrected chi connectivity index (χ2v) is 7.54. The average molecular weight is 423 g/mol. The number of aliphatic hydroxyl groups is 1. The van der Waals surface area contributed by atoms with Crippen molar-refractivity contribution in [2.75, 3.05) is 6.61 Å². The van der Waals surface area contributed by atoms with E-state index in [0.717, 1.165) is 5.56 Å². The van der Waals surface area contributed by atoms with E-state index in [9.17, 15) is 24.3 Å². The molecule has 0 aliphatic carbocycles. The highest BCUT2D eigenvalue weighted by Gasteiger charge is 2.30. The zero-order valence-corrected chi connectivity index (χ0v) is 17.3. The first-order valence-corrected chi connectivity index (χ1v) is 9.41. The number of primary amides is 1. The van der Waals surface area contributed by atoms with Gasteiger partial charge < -0.3 is 30.9 Å². The summed E-state index contributed by atoms with van der Waals surface area (Å²) < 4.78 is 10.3. The topological polar surface area (TPSA) is 157 Å². The van der Waals surface area contributed by atoms with Crippen molar-refractivity contribution in [1.82, 2.24) is 10.6 Å². The van der Waals surface area contributed by atoms with E-state index in [1.54, 1.807) is 45.0 Å². The van der Waals surface area contributed by atoms with Gasteiger partial charge in [0.15, 0.2) is 0 Å². The Morgan fingerprint density at radius 3 is 2.23 bits per heavy atom. The van der Waals surface area contributed by atoms with Crippen molar-refractivity contribution in [3.8, 4) is 0 Å². The van der Waals surface area contributed by atoms with Crippen LogP contribution in [-0.2, 0) is 30.5 Å². The van der Waals surface area contributed by atoms with Crippen LogP contribution in [0.15, 0.2) is 30.3 Å². The maximum absolute atomic E-state index is 12.6. The number of rotatable bonds is 10. The van der Waals surface area contributed by atoms with E-state index in [2.05, 4.69) is 10.6 Å². The minimum atomic E-state index is -1.36. The number of esters is 1. The van der Waals surface area contributed by atoms with Gasteiger partial charge in [-0.2, -0.15) is 0 Å². The number of carbonyl (C=O) groups excluding carboxylic acids is 4. The maximum Gasteiger partial charge on any atom is 0.408 e. The lowest BCUT2D eigenvalue weighted by molar-refractivity contribution is -0.149. The second-order valence-electron chi connectivity index (χ2n) is 7.54. The van der Waals surface area contributed by atoms with Gasteiger partial charge in [-0.25, -0.2) is 9.59 Å². The Balaban J connectivity index is 2.78. The van der Waals surface area contributed by atoms with E-state index < -0.39 is 54.6 Å². The quantitative estimate of drug-likeness (QED) is 0.396. The molecular formula is C20H29N3O7. The molecule has 166 valence electrons. The third-order valence-corrected chi connectivity index (χ3v) is 3.66. The van der Waals surface area contributed by atoms with Crippen molar-refractivity contribution < 1.29 is 33.8 Å². The molecule has 0 radical (unpaired) electrons. The Bertz CT molecular complexity index is 732. The number of amides is 3. The summed E-state index contributed by atoms with van der Waals surface area (Å²) in [5.74, 6) is -2.44. The predicted octanol–water partition coefficient (Wildman–Crippen LogP) is 0.366. The first kappa shape index (κ1) is 24.9. The summed E-state index contributed by atoms with van der Waals surface area (Å²) in [6, 6.07) is 6.37. The monoisotopic (exact) mass is 423 g/mol. The van der Waals surface area contributed by atoms with Crippen molar-refractivity contribution in [1.29, 1.82) is 0 Å². The van der Waals surface area contributed by atoms with Gasteiger partial charge in [-0.3, -0.25) is 9.59 Å². The number of nitrogens with two attached hydrogens (primary N) is 1. The van der Waals surface area contributed by atoms with Crippen LogP contribution in [-0.4, -0.2) is 53.3 Å². The number of hydrogen-bond donors (Lipinski definition) is 4. The minimum Gasteiger partial charge on any atom is -0.459 e. The zero-order chi connectivity index (χ0) is 22.7. The second kappa shape index (κ2) is 11.8. The van der Waals surface area contributed by atoms with E-state index in [4.69, 9.17) is 15.2 Å². The molecule has 0 bridgehead atoms. The van der Waals surface area contributed by atoms with Crippen molar-refractivity contribution in [3.63, 3.8) is 0 Å². The van der Waals surface area contributed by atoms with Crippen LogP contribution in [0.1, 0.15) is 39.2 Å². The average Bonchev–Trinajstić information content (AvgIpc) is 2.64. The van der Waals surface area contributed by atoms with Gasteiger partial charge >= 0.3 is 12.1 Å². The fourth-order valence-electron chi connectivity index (χ4n) is 2.34. The summed E-state index contributed by atoms with van der Waals surface area (Å²) in [4.78, 5) is 48.2. The predicted molar refractivity (Wildman–Crippen MR) is 107 cm³/mol. The fraction of sp³-hybridized carbons (Fsp3) is 0.500. The molecule has 0 saturated heterocycles. The van der Waals surface area contributed by atoms with Crippen LogP contribution in [0.4, 0.5) is 4.79 Å². The summed E-state index contributed by atoms with van der Waals surface area (Å²) in [6.07, 6.45) is -1.54. The lowest BCUT2D eigenvalue weighted by Gasteiger charge is -2.24. The van der Waals surface area contributed by atoms with Gasteiger partial charge in [0.25, 0.3) is 0 Å². The minimum absolute atomic E-state index is 0.0155. The Labute approximate surface area is 175 Å². The zero-order valence-electron chi connectivity index (χ0n) is 17.3. The Kier molecular flexibility index (Phi) is 9.76. The van der Waals surface area contributed by atoms with E-state index in [1.165, 1.54) is 0 Å². The van der Waals surface area contributed by atoms with Crippen molar-refractivity contribution >= 4 is 23.9 Å². The van der Waals surface area contributed by atoms with E-state index >= 15 is 0 Å². The summed E-state index contributed by atoms with van der Waals surface area (Å²) in [7, 11) is 0. The van der Waals surface area contributed by atoms with Crippen LogP contribution in [0.25, 0.3) is 0 Å². The molecule has 10 heteroatoms. The molecule has 0 aromatic heterocycles. The molecule has 0 fully saturated rings. The largest absolute Gasteiger partial charge is 0.459 e. The number of ether oxygens (including phenoxy) is 2. The van der Waals surface area contributed by atoms with Gasteiger partial charge in [0.2, 0.25) is 11.8 Å². The van der Waals surface area contributed by atoms with Crippen LogP contribution in [0.3, 0.4) is 0 Å². The molecule has 3 amide bonds. The van der Waals surface area contributed by atoms with Crippen LogP contribution in [0.2, 0.25) is 0 Å². The molecule has 2 atom stereocenters. The van der Waals surface area contributed by atoms with Crippen LogP contribution in [0, 0.1) is 0 Å². The van der Waals surface area contributed by atoms with Crippen LogP contribution in [0.5, 0.6) is 0 Å². The number of benzene rings is 1. The van der Waals surface area contributed by atoms with E-state index in [-0.39, 0.29) is 13.0 Å². The molecule has 0 spiro atoms. The van der Waals surface area contributed by atoms with Crippen molar-refractivity contribution in [2.24, 2.45) is 5.73 Å². The van der Waals surface area contributed by atoms with Gasteiger partial charge in [-0.1, -0.05) is 30.3 Å². The lowest BCUT2D eigenvalue weighted by Crippen LogP contribution is -2.53. The third-order valence-electron chi connectivity index (χ3n) is 3.66. The van der Waals surface area contributed by atoms with E-state index in [1.807, 2.05) is 6.07 Å². The fourth-order valence-corrected chi connectivity index (χ4v) is 2.34. The first-order chi connectivity index (χ1) is 14.0. The number of alkyl carbamates (subject to hydrolysis) is 1. The van der Waals surface area contributed by atoms with Gasteiger partial charge in [0.05, 0.1) is 6.42 Å². The van der Waals surface area contributed by atoms with E-state index in [0.29, 0.717) is 0 Å². The molecule has 30 heavy (non-hydrogen) atoms. The third kappa shape index (κ3) is 9.87. The molecule has 1 aromatic rings. The normalized spacial score (nSPS) is 12.9. The molecule has 0 heterocycles. The summed E-state index contributed by atoms with van der Waals surface area (Å²) in [6.45, 7) is 4.49. The standard InChI is InChI=1S/C20H29N3O7/c1-20(2,3)30-19(28)23-15(11-16(21)25)17(26)22-14(9-10-24)18(27)29-12-13-7-5-4-6-8-13/h4-8,14-15,24H,9-12H2,1-3H3,(H2,21,25)(H,22,26)(H,23,28)/t14-,15-/m0/s1. The SMILES string of the molecule is CC(C)(C)OC(=O)N[C@@H](CC(N)=O)C(=O)N[C@@H](CCO)C(=O)OCc1ccccc1. The molecule has 1 rings (SSSR count). The molecule has 1 aromatic carbocycles. The van der Waals surface area contributed by atoms with Gasteiger partial charge in [0, 0.05) is 13.0 Å². The molecule has 0 aliphatic rings. The van der Waals surface area contributed by atoms with Gasteiger partial charge in [0.1, 0.15) is 24.3 Å². The molecule has 0 unspecified atom stereocenters. The molecular weight excluding hydrogens is 394 g/mol. The smallest absolute Gasteiger partial charge is 0.408 e.